The normalized spacial score (nSPS) is 10.6. The Bertz CT molecular complexity index is 588. The number of H-pyrrole nitrogens is 1. The number of carboxylic acid groups (broad SMARTS) is 1. The van der Waals surface area contributed by atoms with Crippen molar-refractivity contribution in [3.8, 4) is 0 Å². The molecule has 2 aromatic rings. The molecule has 6 heteroatoms. The van der Waals surface area contributed by atoms with Crippen molar-refractivity contribution < 1.29 is 14.8 Å². The fraction of sp³-hybridized carbons (Fsp3) is 0.182. The smallest absolute Gasteiger partial charge is 0.303 e. The number of hydrogen-bond acceptors (Lipinski definition) is 3. The van der Waals surface area contributed by atoms with E-state index in [0.717, 1.165) is 11.1 Å². The van der Waals surface area contributed by atoms with Crippen molar-refractivity contribution >= 4 is 22.6 Å². The molecule has 0 unspecified atom stereocenters. The highest BCUT2D eigenvalue weighted by molar-refractivity contribution is 5.85. The maximum Gasteiger partial charge on any atom is 0.303 e. The molecule has 1 aromatic carbocycles. The zero-order valence-corrected chi connectivity index (χ0v) is 8.84. The second-order valence-electron chi connectivity index (χ2n) is 3.69. The number of nitrogens with one attached hydrogen (secondary N) is 1. The van der Waals surface area contributed by atoms with Gasteiger partial charge in [-0.3, -0.25) is 14.9 Å². The Kier molecular flexibility index (Phi) is 2.78. The van der Waals surface area contributed by atoms with Crippen molar-refractivity contribution in [3.63, 3.8) is 0 Å². The van der Waals surface area contributed by atoms with E-state index in [2.05, 4.69) is 4.98 Å². The van der Waals surface area contributed by atoms with Crippen LogP contribution in [0, 0.1) is 10.1 Å². The van der Waals surface area contributed by atoms with Crippen LogP contribution in [0.5, 0.6) is 0 Å². The Labute approximate surface area is 96.0 Å². The molecule has 2 N–H and O–H groups in total. The van der Waals surface area contributed by atoms with Gasteiger partial charge in [-0.25, -0.2) is 0 Å². The van der Waals surface area contributed by atoms with E-state index in [1.807, 2.05) is 0 Å². The van der Waals surface area contributed by atoms with E-state index in [9.17, 15) is 14.9 Å². The molecule has 0 aliphatic carbocycles. The Morgan fingerprint density at radius 3 is 2.88 bits per heavy atom. The lowest BCUT2D eigenvalue weighted by atomic mass is 10.1. The Hall–Kier alpha value is -2.37. The minimum atomic E-state index is -0.884. The monoisotopic (exact) mass is 234 g/mol. The number of carboxylic acids is 1. The Morgan fingerprint density at radius 2 is 2.24 bits per heavy atom. The number of rotatable bonds is 4. The maximum absolute atomic E-state index is 10.6. The van der Waals surface area contributed by atoms with Crippen LogP contribution in [0.4, 0.5) is 5.69 Å². The zero-order chi connectivity index (χ0) is 12.4. The van der Waals surface area contributed by atoms with Gasteiger partial charge in [0.1, 0.15) is 0 Å². The third-order valence-corrected chi connectivity index (χ3v) is 2.57. The molecule has 0 radical (unpaired) electrons. The van der Waals surface area contributed by atoms with Crippen LogP contribution in [-0.4, -0.2) is 21.0 Å². The Morgan fingerprint density at radius 1 is 1.47 bits per heavy atom. The van der Waals surface area contributed by atoms with Crippen LogP contribution in [0.3, 0.4) is 0 Å². The lowest BCUT2D eigenvalue weighted by Crippen LogP contribution is -1.96. The van der Waals surface area contributed by atoms with Crippen LogP contribution in [-0.2, 0) is 11.2 Å². The summed E-state index contributed by atoms with van der Waals surface area (Å²) in [7, 11) is 0. The number of carbonyl (C=O) groups is 1. The van der Waals surface area contributed by atoms with Gasteiger partial charge in [0.2, 0.25) is 0 Å². The van der Waals surface area contributed by atoms with E-state index in [4.69, 9.17) is 5.11 Å². The summed E-state index contributed by atoms with van der Waals surface area (Å²) in [5, 5.41) is 20.0. The van der Waals surface area contributed by atoms with Gasteiger partial charge in [0, 0.05) is 35.7 Å². The lowest BCUT2D eigenvalue weighted by molar-refractivity contribution is -0.384. The molecule has 0 spiro atoms. The summed E-state index contributed by atoms with van der Waals surface area (Å²) in [6, 6.07) is 4.50. The van der Waals surface area contributed by atoms with Crippen molar-refractivity contribution in [1.82, 2.24) is 4.98 Å². The largest absolute Gasteiger partial charge is 0.481 e. The van der Waals surface area contributed by atoms with Crippen LogP contribution < -0.4 is 0 Å². The number of nitro groups is 1. The zero-order valence-electron chi connectivity index (χ0n) is 8.84. The molecule has 17 heavy (non-hydrogen) atoms. The average molecular weight is 234 g/mol. The average Bonchev–Trinajstić information content (AvgIpc) is 2.68. The molecule has 0 aliphatic heterocycles. The molecular formula is C11H10N2O4. The number of fused-ring (bicyclic) bond motifs is 1. The van der Waals surface area contributed by atoms with Crippen LogP contribution in [0.1, 0.15) is 12.0 Å². The van der Waals surface area contributed by atoms with E-state index < -0.39 is 10.9 Å². The van der Waals surface area contributed by atoms with Gasteiger partial charge in [-0.2, -0.15) is 0 Å². The fourth-order valence-electron chi connectivity index (χ4n) is 1.73. The number of aromatic amines is 1. The number of aromatic nitrogens is 1. The molecule has 1 aromatic heterocycles. The second-order valence-corrected chi connectivity index (χ2v) is 3.69. The highest BCUT2D eigenvalue weighted by atomic mass is 16.6. The minimum absolute atomic E-state index is 0.00803. The van der Waals surface area contributed by atoms with E-state index >= 15 is 0 Å². The van der Waals surface area contributed by atoms with Gasteiger partial charge in [-0.1, -0.05) is 0 Å². The maximum atomic E-state index is 10.6. The predicted molar refractivity (Wildman–Crippen MR) is 60.9 cm³/mol. The first-order valence-corrected chi connectivity index (χ1v) is 5.04. The molecule has 0 amide bonds. The third kappa shape index (κ3) is 2.25. The summed E-state index contributed by atoms with van der Waals surface area (Å²) in [5.74, 6) is -0.884. The third-order valence-electron chi connectivity index (χ3n) is 2.57. The van der Waals surface area contributed by atoms with E-state index in [0.29, 0.717) is 11.8 Å². The first-order valence-electron chi connectivity index (χ1n) is 5.04. The van der Waals surface area contributed by atoms with Gasteiger partial charge in [0.15, 0.2) is 0 Å². The Balaban J connectivity index is 2.39. The molecule has 2 rings (SSSR count). The number of nitrogens with zero attached hydrogens (tertiary/aromatic N) is 1. The van der Waals surface area contributed by atoms with Crippen LogP contribution in [0.15, 0.2) is 24.4 Å². The number of aryl methyl sites for hydroxylation is 1. The van der Waals surface area contributed by atoms with Gasteiger partial charge >= 0.3 is 5.97 Å². The van der Waals surface area contributed by atoms with Crippen molar-refractivity contribution in [1.29, 1.82) is 0 Å². The quantitative estimate of drug-likeness (QED) is 0.625. The minimum Gasteiger partial charge on any atom is -0.481 e. The SMILES string of the molecule is O=C(O)CCc1c[nH]c2ccc([N+](=O)[O-])cc12. The molecule has 0 aliphatic rings. The summed E-state index contributed by atoms with van der Waals surface area (Å²) < 4.78 is 0. The molecular weight excluding hydrogens is 224 g/mol. The summed E-state index contributed by atoms with van der Waals surface area (Å²) in [4.78, 5) is 23.6. The molecule has 88 valence electrons. The first-order chi connectivity index (χ1) is 8.08. The van der Waals surface area contributed by atoms with Crippen LogP contribution in [0.2, 0.25) is 0 Å². The topological polar surface area (TPSA) is 96.2 Å². The molecule has 0 saturated carbocycles. The summed E-state index contributed by atoms with van der Waals surface area (Å²) >= 11 is 0. The molecule has 0 bridgehead atoms. The molecule has 0 saturated heterocycles. The van der Waals surface area contributed by atoms with Gasteiger partial charge in [0.05, 0.1) is 4.92 Å². The number of hydrogen-bond donors (Lipinski definition) is 2. The lowest BCUT2D eigenvalue weighted by Gasteiger charge is -1.96. The van der Waals surface area contributed by atoms with Crippen molar-refractivity contribution in [2.75, 3.05) is 0 Å². The highest BCUT2D eigenvalue weighted by Gasteiger charge is 2.11. The van der Waals surface area contributed by atoms with E-state index in [1.165, 1.54) is 12.1 Å². The fourth-order valence-corrected chi connectivity index (χ4v) is 1.73. The van der Waals surface area contributed by atoms with Crippen LogP contribution in [0.25, 0.3) is 10.9 Å². The van der Waals surface area contributed by atoms with Crippen LogP contribution >= 0.6 is 0 Å². The summed E-state index contributed by atoms with van der Waals surface area (Å²) in [5.41, 5.74) is 1.57. The van der Waals surface area contributed by atoms with E-state index in [-0.39, 0.29) is 12.1 Å². The van der Waals surface area contributed by atoms with Crippen molar-refractivity contribution in [2.45, 2.75) is 12.8 Å². The second kappa shape index (κ2) is 4.25. The number of benzene rings is 1. The van der Waals surface area contributed by atoms with Gasteiger partial charge in [-0.15, -0.1) is 0 Å². The highest BCUT2D eigenvalue weighted by Crippen LogP contribution is 2.24. The van der Waals surface area contributed by atoms with E-state index in [1.54, 1.807) is 12.3 Å². The number of aliphatic carboxylic acids is 1. The van der Waals surface area contributed by atoms with Crippen molar-refractivity contribution in [2.24, 2.45) is 0 Å². The predicted octanol–water partition coefficient (Wildman–Crippen LogP) is 2.09. The van der Waals surface area contributed by atoms with Gasteiger partial charge in [0.25, 0.3) is 5.69 Å². The van der Waals surface area contributed by atoms with Gasteiger partial charge < -0.3 is 10.1 Å². The molecule has 0 atom stereocenters. The molecule has 1 heterocycles. The summed E-state index contributed by atoms with van der Waals surface area (Å²) in [6.45, 7) is 0. The number of nitro benzene ring substituents is 1. The summed E-state index contributed by atoms with van der Waals surface area (Å²) in [6.07, 6.45) is 2.06. The first kappa shape index (κ1) is 11.1. The van der Waals surface area contributed by atoms with Crippen molar-refractivity contribution in [3.05, 3.63) is 40.1 Å². The van der Waals surface area contributed by atoms with Gasteiger partial charge in [-0.05, 0) is 18.1 Å². The standard InChI is InChI=1S/C11H10N2O4/c14-11(15)4-1-7-6-12-10-3-2-8(13(16)17)5-9(7)10/h2-3,5-6,12H,1,4H2,(H,14,15). The molecule has 0 fully saturated rings. The molecule has 6 nitrogen and oxygen atoms in total. The number of non-ortho nitro benzene ring substituents is 1.